The number of hydrogen-bond donors (Lipinski definition) is 2. The van der Waals surface area contributed by atoms with Crippen molar-refractivity contribution in [3.05, 3.63) is 30.6 Å². The van der Waals surface area contributed by atoms with Crippen LogP contribution in [0.1, 0.15) is 12.8 Å². The highest BCUT2D eigenvalue weighted by atomic mass is 16.6. The van der Waals surface area contributed by atoms with E-state index < -0.39 is 5.60 Å². The Hall–Kier alpha value is -3.17. The first-order chi connectivity index (χ1) is 12.1. The molecule has 4 rings (SSSR count). The average molecular weight is 343 g/mol. The number of amides is 3. The summed E-state index contributed by atoms with van der Waals surface area (Å²) in [4.78, 5) is 25.5. The molecule has 0 aliphatic carbocycles. The van der Waals surface area contributed by atoms with E-state index in [0.717, 1.165) is 5.69 Å². The van der Waals surface area contributed by atoms with Crippen LogP contribution in [0.25, 0.3) is 5.69 Å². The Morgan fingerprint density at radius 1 is 1.32 bits per heavy atom. The van der Waals surface area contributed by atoms with Gasteiger partial charge in [-0.25, -0.2) is 14.3 Å². The first-order valence-corrected chi connectivity index (χ1v) is 8.00. The van der Waals surface area contributed by atoms with E-state index >= 15 is 0 Å². The van der Waals surface area contributed by atoms with E-state index in [-0.39, 0.29) is 12.1 Å². The molecule has 2 aliphatic heterocycles. The molecule has 2 N–H and O–H groups in total. The summed E-state index contributed by atoms with van der Waals surface area (Å²) in [5, 5.41) is 16.6. The van der Waals surface area contributed by atoms with Crippen LogP contribution < -0.4 is 10.6 Å². The molecule has 0 bridgehead atoms. The lowest BCUT2D eigenvalue weighted by Gasteiger charge is -2.37. The fourth-order valence-corrected chi connectivity index (χ4v) is 3.11. The van der Waals surface area contributed by atoms with Crippen LogP contribution in [-0.2, 0) is 4.74 Å². The SMILES string of the molecule is O=C1NCC2(CCN(C(=O)Nc3cccc(-n4cnnn4)c3)CC2)O1. The number of tetrazole rings is 1. The van der Waals surface area contributed by atoms with Crippen molar-refractivity contribution in [3.8, 4) is 5.69 Å². The van der Waals surface area contributed by atoms with Gasteiger partial charge in [-0.1, -0.05) is 6.07 Å². The van der Waals surface area contributed by atoms with Crippen molar-refractivity contribution in [1.82, 2.24) is 30.4 Å². The lowest BCUT2D eigenvalue weighted by molar-refractivity contribution is 0.0110. The number of ether oxygens (including phenoxy) is 1. The van der Waals surface area contributed by atoms with E-state index in [2.05, 4.69) is 26.2 Å². The van der Waals surface area contributed by atoms with Crippen molar-refractivity contribution >= 4 is 17.8 Å². The van der Waals surface area contributed by atoms with Gasteiger partial charge in [0.15, 0.2) is 0 Å². The van der Waals surface area contributed by atoms with E-state index in [0.29, 0.717) is 38.2 Å². The Balaban J connectivity index is 1.38. The molecule has 130 valence electrons. The minimum Gasteiger partial charge on any atom is -0.441 e. The Labute approximate surface area is 143 Å². The number of likely N-dealkylation sites (tertiary alicyclic amines) is 1. The summed E-state index contributed by atoms with van der Waals surface area (Å²) in [6.45, 7) is 1.58. The Morgan fingerprint density at radius 3 is 2.84 bits per heavy atom. The zero-order valence-electron chi connectivity index (χ0n) is 13.4. The van der Waals surface area contributed by atoms with Gasteiger partial charge in [-0.3, -0.25) is 0 Å². The third kappa shape index (κ3) is 3.10. The maximum atomic E-state index is 12.5. The molecule has 0 radical (unpaired) electrons. The number of anilines is 1. The predicted octanol–water partition coefficient (Wildman–Crippen LogP) is 0.769. The van der Waals surface area contributed by atoms with E-state index in [9.17, 15) is 9.59 Å². The monoisotopic (exact) mass is 343 g/mol. The highest BCUT2D eigenvalue weighted by Crippen LogP contribution is 2.29. The first kappa shape index (κ1) is 15.4. The van der Waals surface area contributed by atoms with Gasteiger partial charge in [0.2, 0.25) is 0 Å². The smallest absolute Gasteiger partial charge is 0.407 e. The number of nitrogens with zero attached hydrogens (tertiary/aromatic N) is 5. The molecule has 3 heterocycles. The Kier molecular flexibility index (Phi) is 3.71. The molecular weight excluding hydrogens is 326 g/mol. The standard InChI is InChI=1S/C15H17N7O3/c23-13(21-6-4-15(5-7-21)9-16-14(24)25-15)18-11-2-1-3-12(8-11)22-10-17-19-20-22/h1-3,8,10H,4-7,9H2,(H,16,24)(H,18,23). The summed E-state index contributed by atoms with van der Waals surface area (Å²) in [5.74, 6) is 0. The minimum absolute atomic E-state index is 0.180. The third-order valence-corrected chi connectivity index (χ3v) is 4.54. The van der Waals surface area contributed by atoms with Gasteiger partial charge in [0.1, 0.15) is 11.9 Å². The van der Waals surface area contributed by atoms with Crippen LogP contribution >= 0.6 is 0 Å². The number of hydrogen-bond acceptors (Lipinski definition) is 6. The number of benzene rings is 1. The molecule has 10 nitrogen and oxygen atoms in total. The minimum atomic E-state index is -0.464. The first-order valence-electron chi connectivity index (χ1n) is 8.00. The molecule has 1 spiro atoms. The molecule has 0 unspecified atom stereocenters. The lowest BCUT2D eigenvalue weighted by Crippen LogP contribution is -2.49. The average Bonchev–Trinajstić information content (AvgIpc) is 3.26. The molecule has 2 saturated heterocycles. The fraction of sp³-hybridized carbons (Fsp3) is 0.400. The zero-order valence-corrected chi connectivity index (χ0v) is 13.4. The normalized spacial score (nSPS) is 18.7. The number of nitrogens with one attached hydrogen (secondary N) is 2. The molecule has 2 aromatic rings. The summed E-state index contributed by atoms with van der Waals surface area (Å²) in [7, 11) is 0. The summed E-state index contributed by atoms with van der Waals surface area (Å²) in [6.07, 6.45) is 2.37. The highest BCUT2D eigenvalue weighted by molar-refractivity contribution is 5.89. The van der Waals surface area contributed by atoms with Gasteiger partial charge < -0.3 is 20.3 Å². The number of aromatic nitrogens is 4. The van der Waals surface area contributed by atoms with Gasteiger partial charge in [0.25, 0.3) is 0 Å². The second kappa shape index (κ2) is 6.04. The molecule has 1 aromatic heterocycles. The van der Waals surface area contributed by atoms with Gasteiger partial charge >= 0.3 is 12.1 Å². The Bertz CT molecular complexity index is 784. The van der Waals surface area contributed by atoms with Gasteiger partial charge in [-0.15, -0.1) is 5.10 Å². The van der Waals surface area contributed by atoms with Crippen LogP contribution in [0.3, 0.4) is 0 Å². The van der Waals surface area contributed by atoms with Gasteiger partial charge in [0, 0.05) is 31.6 Å². The van der Waals surface area contributed by atoms with E-state index in [4.69, 9.17) is 4.74 Å². The molecule has 3 amide bonds. The number of carbonyl (C=O) groups is 2. The van der Waals surface area contributed by atoms with Crippen molar-refractivity contribution in [2.75, 3.05) is 25.0 Å². The van der Waals surface area contributed by atoms with Gasteiger partial charge in [0.05, 0.1) is 12.2 Å². The van der Waals surface area contributed by atoms with E-state index in [1.165, 1.54) is 11.0 Å². The molecule has 0 saturated carbocycles. The maximum absolute atomic E-state index is 12.5. The number of carbonyl (C=O) groups excluding carboxylic acids is 2. The topological polar surface area (TPSA) is 114 Å². The lowest BCUT2D eigenvalue weighted by atomic mass is 9.92. The molecule has 10 heteroatoms. The van der Waals surface area contributed by atoms with Gasteiger partial charge in [-0.05, 0) is 28.6 Å². The summed E-state index contributed by atoms with van der Waals surface area (Å²) >= 11 is 0. The fourth-order valence-electron chi connectivity index (χ4n) is 3.11. The van der Waals surface area contributed by atoms with Gasteiger partial charge in [-0.2, -0.15) is 0 Å². The molecule has 2 aliphatic rings. The maximum Gasteiger partial charge on any atom is 0.407 e. The quantitative estimate of drug-likeness (QED) is 0.832. The predicted molar refractivity (Wildman–Crippen MR) is 86.2 cm³/mol. The van der Waals surface area contributed by atoms with Crippen LogP contribution in [-0.4, -0.2) is 62.5 Å². The number of piperidine rings is 1. The van der Waals surface area contributed by atoms with Crippen LogP contribution in [0.5, 0.6) is 0 Å². The molecule has 25 heavy (non-hydrogen) atoms. The molecule has 1 aromatic carbocycles. The van der Waals surface area contributed by atoms with Crippen LogP contribution in [0.15, 0.2) is 30.6 Å². The third-order valence-electron chi connectivity index (χ3n) is 4.54. The van der Waals surface area contributed by atoms with Crippen molar-refractivity contribution < 1.29 is 14.3 Å². The second-order valence-electron chi connectivity index (χ2n) is 6.15. The van der Waals surface area contributed by atoms with Crippen molar-refractivity contribution in [1.29, 1.82) is 0 Å². The largest absolute Gasteiger partial charge is 0.441 e. The summed E-state index contributed by atoms with van der Waals surface area (Å²) in [5.41, 5.74) is 0.949. The number of rotatable bonds is 2. The van der Waals surface area contributed by atoms with Crippen LogP contribution in [0.4, 0.5) is 15.3 Å². The summed E-state index contributed by atoms with van der Waals surface area (Å²) < 4.78 is 6.88. The van der Waals surface area contributed by atoms with Crippen molar-refractivity contribution in [2.45, 2.75) is 18.4 Å². The zero-order chi connectivity index (χ0) is 17.3. The van der Waals surface area contributed by atoms with Crippen LogP contribution in [0, 0.1) is 0 Å². The number of alkyl carbamates (subject to hydrolysis) is 1. The molecule has 2 fully saturated rings. The molecule has 0 atom stereocenters. The van der Waals surface area contributed by atoms with Crippen molar-refractivity contribution in [3.63, 3.8) is 0 Å². The van der Waals surface area contributed by atoms with E-state index in [1.54, 1.807) is 17.0 Å². The van der Waals surface area contributed by atoms with Crippen molar-refractivity contribution in [2.24, 2.45) is 0 Å². The van der Waals surface area contributed by atoms with E-state index in [1.807, 2.05) is 12.1 Å². The number of urea groups is 1. The summed E-state index contributed by atoms with van der Waals surface area (Å²) in [6, 6.07) is 7.09. The Morgan fingerprint density at radius 2 is 2.16 bits per heavy atom. The second-order valence-corrected chi connectivity index (χ2v) is 6.15. The molecular formula is C15H17N7O3. The highest BCUT2D eigenvalue weighted by Gasteiger charge is 2.43. The van der Waals surface area contributed by atoms with Crippen LogP contribution in [0.2, 0.25) is 0 Å².